The highest BCUT2D eigenvalue weighted by atomic mass is 16.5. The number of carbonyl (C=O) groups is 1. The van der Waals surface area contributed by atoms with Crippen molar-refractivity contribution >= 4 is 5.97 Å². The van der Waals surface area contributed by atoms with Crippen LogP contribution in [0.3, 0.4) is 0 Å². The van der Waals surface area contributed by atoms with Gasteiger partial charge < -0.3 is 9.84 Å². The van der Waals surface area contributed by atoms with E-state index in [0.717, 1.165) is 25.0 Å². The molecule has 0 spiro atoms. The van der Waals surface area contributed by atoms with Crippen LogP contribution in [0.1, 0.15) is 63.3 Å². The number of benzene rings is 1. The molecule has 0 radical (unpaired) electrons. The van der Waals surface area contributed by atoms with Crippen LogP contribution in [-0.2, 0) is 22.6 Å². The van der Waals surface area contributed by atoms with E-state index < -0.39 is 12.0 Å². The lowest BCUT2D eigenvalue weighted by Gasteiger charge is -2.25. The first-order valence-corrected chi connectivity index (χ1v) is 8.44. The second kappa shape index (κ2) is 7.45. The minimum absolute atomic E-state index is 0.0178. The van der Waals surface area contributed by atoms with Crippen LogP contribution in [0.2, 0.25) is 0 Å². The Kier molecular flexibility index (Phi) is 5.82. The molecule has 4 nitrogen and oxygen atoms in total. The number of rotatable bonds is 6. The van der Waals surface area contributed by atoms with E-state index in [1.807, 2.05) is 6.92 Å². The Morgan fingerprint density at radius 2 is 2.09 bits per heavy atom. The fraction of sp³-hybridized carbons (Fsp3) is 0.632. The summed E-state index contributed by atoms with van der Waals surface area (Å²) in [6.45, 7) is 9.90. The predicted octanol–water partition coefficient (Wildman–Crippen LogP) is 3.69. The quantitative estimate of drug-likeness (QED) is 0.839. The molecule has 0 saturated carbocycles. The van der Waals surface area contributed by atoms with Crippen molar-refractivity contribution in [3.05, 3.63) is 34.9 Å². The highest BCUT2D eigenvalue weighted by Crippen LogP contribution is 2.25. The summed E-state index contributed by atoms with van der Waals surface area (Å²) in [5.41, 5.74) is 3.86. The molecule has 2 atom stereocenters. The topological polar surface area (TPSA) is 58.6 Å². The number of hydrogen-bond donors (Lipinski definition) is 2. The second-order valence-electron chi connectivity index (χ2n) is 7.71. The number of hydrogen-bond acceptors (Lipinski definition) is 3. The molecule has 2 N–H and O–H groups in total. The molecule has 1 heterocycles. The molecule has 128 valence electrons. The van der Waals surface area contributed by atoms with Gasteiger partial charge in [0.05, 0.1) is 13.2 Å². The zero-order chi connectivity index (χ0) is 17.0. The molecule has 4 heteroatoms. The first kappa shape index (κ1) is 18.0. The predicted molar refractivity (Wildman–Crippen MR) is 91.5 cm³/mol. The number of ether oxygens (including phenoxy) is 1. The normalized spacial score (nSPS) is 17.4. The minimum atomic E-state index is -0.771. The molecule has 1 aliphatic rings. The largest absolute Gasteiger partial charge is 0.480 e. The van der Waals surface area contributed by atoms with E-state index in [4.69, 9.17) is 4.74 Å². The molecular formula is C19H29NO3. The summed E-state index contributed by atoms with van der Waals surface area (Å²) in [5, 5.41) is 12.8. The van der Waals surface area contributed by atoms with Crippen LogP contribution < -0.4 is 5.32 Å². The summed E-state index contributed by atoms with van der Waals surface area (Å²) in [7, 11) is 0. The zero-order valence-corrected chi connectivity index (χ0v) is 14.7. The van der Waals surface area contributed by atoms with Crippen LogP contribution in [0.15, 0.2) is 18.2 Å². The van der Waals surface area contributed by atoms with E-state index in [2.05, 4.69) is 44.3 Å². The molecule has 2 rings (SSSR count). The Morgan fingerprint density at radius 3 is 2.74 bits per heavy atom. The van der Waals surface area contributed by atoms with Gasteiger partial charge in [0.25, 0.3) is 0 Å². The molecule has 0 amide bonds. The summed E-state index contributed by atoms with van der Waals surface area (Å²) in [6.07, 6.45) is 2.45. The van der Waals surface area contributed by atoms with Crippen molar-refractivity contribution in [2.24, 2.45) is 5.41 Å². The van der Waals surface area contributed by atoms with Crippen molar-refractivity contribution in [3.63, 3.8) is 0 Å². The zero-order valence-electron chi connectivity index (χ0n) is 14.7. The van der Waals surface area contributed by atoms with Gasteiger partial charge in [-0.3, -0.25) is 10.1 Å². The van der Waals surface area contributed by atoms with Crippen LogP contribution in [0, 0.1) is 5.41 Å². The summed E-state index contributed by atoms with van der Waals surface area (Å²) in [5.74, 6) is -0.771. The average molecular weight is 319 g/mol. The molecule has 1 aromatic carbocycles. The van der Waals surface area contributed by atoms with E-state index in [0.29, 0.717) is 13.0 Å². The second-order valence-corrected chi connectivity index (χ2v) is 7.71. The third kappa shape index (κ3) is 5.33. The van der Waals surface area contributed by atoms with Crippen molar-refractivity contribution < 1.29 is 14.6 Å². The summed E-state index contributed by atoms with van der Waals surface area (Å²) >= 11 is 0. The molecule has 1 aliphatic heterocycles. The van der Waals surface area contributed by atoms with Crippen LogP contribution >= 0.6 is 0 Å². The van der Waals surface area contributed by atoms with Crippen LogP contribution in [0.4, 0.5) is 0 Å². The fourth-order valence-electron chi connectivity index (χ4n) is 2.91. The van der Waals surface area contributed by atoms with Gasteiger partial charge in [-0.2, -0.15) is 0 Å². The van der Waals surface area contributed by atoms with Gasteiger partial charge in [-0.1, -0.05) is 39.0 Å². The number of fused-ring (bicyclic) bond motifs is 1. The van der Waals surface area contributed by atoms with E-state index in [1.165, 1.54) is 11.1 Å². The molecule has 0 bridgehead atoms. The van der Waals surface area contributed by atoms with Gasteiger partial charge in [-0.25, -0.2) is 0 Å². The van der Waals surface area contributed by atoms with Gasteiger partial charge in [-0.05, 0) is 48.3 Å². The molecule has 0 saturated heterocycles. The SMILES string of the molecule is C[C@H](N[C@@H](CCC(C)(C)C)C(=O)O)c1ccc2c(c1)CCOC2. The third-order valence-electron chi connectivity index (χ3n) is 4.44. The lowest BCUT2D eigenvalue weighted by Crippen LogP contribution is -2.39. The summed E-state index contributed by atoms with van der Waals surface area (Å²) in [6, 6.07) is 5.88. The highest BCUT2D eigenvalue weighted by Gasteiger charge is 2.23. The molecule has 1 aromatic rings. The summed E-state index contributed by atoms with van der Waals surface area (Å²) < 4.78 is 5.46. The van der Waals surface area contributed by atoms with Crippen molar-refractivity contribution in [2.45, 2.75) is 65.6 Å². The lowest BCUT2D eigenvalue weighted by molar-refractivity contribution is -0.140. The monoisotopic (exact) mass is 319 g/mol. The van der Waals surface area contributed by atoms with Crippen molar-refractivity contribution in [1.29, 1.82) is 0 Å². The van der Waals surface area contributed by atoms with Crippen LogP contribution in [0.25, 0.3) is 0 Å². The maximum absolute atomic E-state index is 11.5. The van der Waals surface area contributed by atoms with E-state index >= 15 is 0 Å². The lowest BCUT2D eigenvalue weighted by atomic mass is 9.88. The van der Waals surface area contributed by atoms with Gasteiger partial charge in [-0.15, -0.1) is 0 Å². The number of carboxylic acids is 1. The van der Waals surface area contributed by atoms with Crippen molar-refractivity contribution in [1.82, 2.24) is 5.32 Å². The Labute approximate surface area is 139 Å². The van der Waals surface area contributed by atoms with Gasteiger partial charge in [0, 0.05) is 6.04 Å². The Balaban J connectivity index is 2.03. The molecule has 0 fully saturated rings. The van der Waals surface area contributed by atoms with Crippen LogP contribution in [-0.4, -0.2) is 23.7 Å². The van der Waals surface area contributed by atoms with Gasteiger partial charge >= 0.3 is 5.97 Å². The highest BCUT2D eigenvalue weighted by molar-refractivity contribution is 5.73. The first-order chi connectivity index (χ1) is 10.8. The average Bonchev–Trinajstić information content (AvgIpc) is 2.49. The van der Waals surface area contributed by atoms with Crippen molar-refractivity contribution in [3.8, 4) is 0 Å². The maximum Gasteiger partial charge on any atom is 0.320 e. The van der Waals surface area contributed by atoms with E-state index in [9.17, 15) is 9.90 Å². The Morgan fingerprint density at radius 1 is 1.35 bits per heavy atom. The van der Waals surface area contributed by atoms with Crippen molar-refractivity contribution in [2.75, 3.05) is 6.61 Å². The smallest absolute Gasteiger partial charge is 0.320 e. The molecule has 0 unspecified atom stereocenters. The van der Waals surface area contributed by atoms with Gasteiger partial charge in [0.2, 0.25) is 0 Å². The van der Waals surface area contributed by atoms with E-state index in [1.54, 1.807) is 0 Å². The van der Waals surface area contributed by atoms with Gasteiger partial charge in [0.1, 0.15) is 6.04 Å². The van der Waals surface area contributed by atoms with E-state index in [-0.39, 0.29) is 11.5 Å². The standard InChI is InChI=1S/C19H29NO3/c1-13(20-17(18(21)22)7-9-19(2,3)4)14-5-6-16-12-23-10-8-15(16)11-14/h5-6,11,13,17,20H,7-10,12H2,1-4H3,(H,21,22)/t13-,17-/m0/s1. The fourth-order valence-corrected chi connectivity index (χ4v) is 2.91. The third-order valence-corrected chi connectivity index (χ3v) is 4.44. The number of nitrogens with one attached hydrogen (secondary N) is 1. The first-order valence-electron chi connectivity index (χ1n) is 8.44. The number of carboxylic acid groups (broad SMARTS) is 1. The van der Waals surface area contributed by atoms with Gasteiger partial charge in [0.15, 0.2) is 0 Å². The Hall–Kier alpha value is -1.39. The minimum Gasteiger partial charge on any atom is -0.480 e. The molecular weight excluding hydrogens is 290 g/mol. The number of aliphatic carboxylic acids is 1. The molecule has 0 aliphatic carbocycles. The Bertz CT molecular complexity index is 548. The van der Waals surface area contributed by atoms with Crippen LogP contribution in [0.5, 0.6) is 0 Å². The molecule has 0 aromatic heterocycles. The molecule has 23 heavy (non-hydrogen) atoms. The summed E-state index contributed by atoms with van der Waals surface area (Å²) in [4.78, 5) is 11.5. The maximum atomic E-state index is 11.5.